The second kappa shape index (κ2) is 11.9. The van der Waals surface area contributed by atoms with E-state index >= 15 is 0 Å². The summed E-state index contributed by atoms with van der Waals surface area (Å²) in [7, 11) is 4.12. The highest BCUT2D eigenvalue weighted by molar-refractivity contribution is 9.10. The van der Waals surface area contributed by atoms with E-state index in [1.165, 1.54) is 55.1 Å². The molecule has 1 fully saturated rings. The summed E-state index contributed by atoms with van der Waals surface area (Å²) >= 11 is 3.56. The van der Waals surface area contributed by atoms with E-state index < -0.39 is 0 Å². The molecule has 33 heavy (non-hydrogen) atoms. The number of rotatable bonds is 10. The number of nitrogens with one attached hydrogen (secondary N) is 1. The SMILES string of the molecule is CN(C)c1nc(CCCC2CCC(CNCCc3cccc(Br)c3)CC2)nc2ccccc12. The maximum Gasteiger partial charge on any atom is 0.139 e. The maximum absolute atomic E-state index is 4.87. The van der Waals surface area contributed by atoms with Gasteiger partial charge in [-0.05, 0) is 80.4 Å². The van der Waals surface area contributed by atoms with E-state index in [9.17, 15) is 0 Å². The highest BCUT2D eigenvalue weighted by Gasteiger charge is 2.21. The van der Waals surface area contributed by atoms with Gasteiger partial charge in [0.25, 0.3) is 0 Å². The Kier molecular flexibility index (Phi) is 8.74. The molecule has 5 heteroatoms. The molecule has 4 rings (SSSR count). The molecule has 1 heterocycles. The molecule has 0 atom stereocenters. The summed E-state index contributed by atoms with van der Waals surface area (Å²) in [5, 5.41) is 4.83. The van der Waals surface area contributed by atoms with Crippen LogP contribution >= 0.6 is 15.9 Å². The Labute approximate surface area is 207 Å². The molecule has 0 aliphatic heterocycles. The minimum atomic E-state index is 0.843. The summed E-state index contributed by atoms with van der Waals surface area (Å²) in [5.41, 5.74) is 2.45. The number of aromatic nitrogens is 2. The molecule has 2 aromatic carbocycles. The Bertz CT molecular complexity index is 1030. The van der Waals surface area contributed by atoms with Gasteiger partial charge in [0.1, 0.15) is 11.6 Å². The average Bonchev–Trinajstić information content (AvgIpc) is 2.82. The number of fused-ring (bicyclic) bond motifs is 1. The maximum atomic E-state index is 4.87. The summed E-state index contributed by atoms with van der Waals surface area (Å²) in [6.07, 6.45) is 10.0. The summed E-state index contributed by atoms with van der Waals surface area (Å²) in [4.78, 5) is 11.8. The molecule has 0 unspecified atom stereocenters. The van der Waals surface area contributed by atoms with Crippen LogP contribution in [0.4, 0.5) is 5.82 Å². The first-order chi connectivity index (χ1) is 16.1. The standard InChI is InChI=1S/C28H37BrN4/c1-33(2)28-25-10-3-4-11-26(25)31-27(32-28)12-6-7-21-13-15-23(16-14-21)20-30-18-17-22-8-5-9-24(29)19-22/h3-5,8-11,19,21,23,30H,6-7,12-18,20H2,1-2H3. The fraction of sp³-hybridized carbons (Fsp3) is 0.500. The van der Waals surface area contributed by atoms with Gasteiger partial charge < -0.3 is 10.2 Å². The summed E-state index contributed by atoms with van der Waals surface area (Å²) in [6, 6.07) is 17.0. The van der Waals surface area contributed by atoms with Gasteiger partial charge in [-0.2, -0.15) is 0 Å². The number of hydrogen-bond acceptors (Lipinski definition) is 4. The Morgan fingerprint density at radius 3 is 2.52 bits per heavy atom. The van der Waals surface area contributed by atoms with Crippen LogP contribution in [-0.4, -0.2) is 37.2 Å². The lowest BCUT2D eigenvalue weighted by Gasteiger charge is -2.28. The Hall–Kier alpha value is -1.98. The molecule has 0 bridgehead atoms. The molecule has 1 N–H and O–H groups in total. The van der Waals surface area contributed by atoms with Gasteiger partial charge in [-0.3, -0.25) is 0 Å². The molecule has 1 aromatic heterocycles. The van der Waals surface area contributed by atoms with Crippen LogP contribution in [0.25, 0.3) is 10.9 Å². The lowest BCUT2D eigenvalue weighted by Crippen LogP contribution is -2.28. The molecule has 1 saturated carbocycles. The van der Waals surface area contributed by atoms with Crippen LogP contribution < -0.4 is 10.2 Å². The summed E-state index contributed by atoms with van der Waals surface area (Å²) in [6.45, 7) is 2.23. The Morgan fingerprint density at radius 1 is 0.939 bits per heavy atom. The van der Waals surface area contributed by atoms with Gasteiger partial charge in [-0.1, -0.05) is 59.5 Å². The fourth-order valence-electron chi connectivity index (χ4n) is 5.06. The van der Waals surface area contributed by atoms with Crippen molar-refractivity contribution in [3.05, 3.63) is 64.4 Å². The third kappa shape index (κ3) is 7.00. The van der Waals surface area contributed by atoms with Gasteiger partial charge in [-0.15, -0.1) is 0 Å². The molecule has 176 valence electrons. The number of nitrogens with zero attached hydrogens (tertiary/aromatic N) is 3. The van der Waals surface area contributed by atoms with Crippen molar-refractivity contribution in [3.63, 3.8) is 0 Å². The summed E-state index contributed by atoms with van der Waals surface area (Å²) in [5.74, 6) is 3.73. The smallest absolute Gasteiger partial charge is 0.139 e. The Balaban J connectivity index is 1.16. The second-order valence-electron chi connectivity index (χ2n) is 9.74. The van der Waals surface area contributed by atoms with Crippen molar-refractivity contribution >= 4 is 32.7 Å². The van der Waals surface area contributed by atoms with E-state index in [2.05, 4.69) is 88.8 Å². The second-order valence-corrected chi connectivity index (χ2v) is 10.7. The minimum absolute atomic E-state index is 0.843. The summed E-state index contributed by atoms with van der Waals surface area (Å²) < 4.78 is 1.17. The van der Waals surface area contributed by atoms with Crippen molar-refractivity contribution in [2.24, 2.45) is 11.8 Å². The fourth-order valence-corrected chi connectivity index (χ4v) is 5.51. The molecule has 1 aliphatic carbocycles. The zero-order valence-electron chi connectivity index (χ0n) is 20.1. The highest BCUT2D eigenvalue weighted by Crippen LogP contribution is 2.32. The van der Waals surface area contributed by atoms with Gasteiger partial charge in [0.05, 0.1) is 5.52 Å². The molecule has 1 aliphatic rings. The first-order valence-corrected chi connectivity index (χ1v) is 13.3. The molecule has 0 radical (unpaired) electrons. The van der Waals surface area contributed by atoms with E-state index in [0.717, 1.165) is 53.8 Å². The van der Waals surface area contributed by atoms with E-state index in [-0.39, 0.29) is 0 Å². The third-order valence-electron chi connectivity index (χ3n) is 6.94. The lowest BCUT2D eigenvalue weighted by atomic mass is 9.80. The van der Waals surface area contributed by atoms with Crippen molar-refractivity contribution < 1.29 is 0 Å². The van der Waals surface area contributed by atoms with Crippen LogP contribution in [0.5, 0.6) is 0 Å². The van der Waals surface area contributed by atoms with Gasteiger partial charge >= 0.3 is 0 Å². The third-order valence-corrected chi connectivity index (χ3v) is 7.44. The molecule has 0 saturated heterocycles. The van der Waals surface area contributed by atoms with Crippen molar-refractivity contribution in [1.29, 1.82) is 0 Å². The molecule has 0 spiro atoms. The van der Waals surface area contributed by atoms with Gasteiger partial charge in [0.15, 0.2) is 0 Å². The van der Waals surface area contributed by atoms with E-state index in [1.807, 2.05) is 0 Å². The lowest BCUT2D eigenvalue weighted by molar-refractivity contribution is 0.254. The van der Waals surface area contributed by atoms with Crippen LogP contribution in [0.15, 0.2) is 53.0 Å². The number of halogens is 1. The molecule has 3 aromatic rings. The Morgan fingerprint density at radius 2 is 1.73 bits per heavy atom. The van der Waals surface area contributed by atoms with E-state index in [1.54, 1.807) is 0 Å². The average molecular weight is 510 g/mol. The highest BCUT2D eigenvalue weighted by atomic mass is 79.9. The van der Waals surface area contributed by atoms with Crippen LogP contribution in [0, 0.1) is 11.8 Å². The van der Waals surface area contributed by atoms with Gasteiger partial charge in [0, 0.05) is 30.4 Å². The largest absolute Gasteiger partial charge is 0.362 e. The van der Waals surface area contributed by atoms with Gasteiger partial charge in [-0.25, -0.2) is 9.97 Å². The van der Waals surface area contributed by atoms with Crippen molar-refractivity contribution in [2.75, 3.05) is 32.1 Å². The predicted molar refractivity (Wildman–Crippen MR) is 143 cm³/mol. The number of anilines is 1. The van der Waals surface area contributed by atoms with E-state index in [0.29, 0.717) is 0 Å². The van der Waals surface area contributed by atoms with Crippen molar-refractivity contribution in [2.45, 2.75) is 51.4 Å². The van der Waals surface area contributed by atoms with Crippen LogP contribution in [0.2, 0.25) is 0 Å². The number of hydrogen-bond donors (Lipinski definition) is 1. The van der Waals surface area contributed by atoms with Crippen LogP contribution in [-0.2, 0) is 12.8 Å². The molecule has 0 amide bonds. The monoisotopic (exact) mass is 508 g/mol. The molecular formula is C28H37BrN4. The number of benzene rings is 2. The quantitative estimate of drug-likeness (QED) is 0.320. The van der Waals surface area contributed by atoms with Crippen molar-refractivity contribution in [1.82, 2.24) is 15.3 Å². The van der Waals surface area contributed by atoms with Crippen molar-refractivity contribution in [3.8, 4) is 0 Å². The first-order valence-electron chi connectivity index (χ1n) is 12.5. The minimum Gasteiger partial charge on any atom is -0.362 e. The molecule has 4 nitrogen and oxygen atoms in total. The zero-order valence-corrected chi connectivity index (χ0v) is 21.7. The predicted octanol–water partition coefficient (Wildman–Crippen LogP) is 6.42. The van der Waals surface area contributed by atoms with Gasteiger partial charge in [0.2, 0.25) is 0 Å². The van der Waals surface area contributed by atoms with E-state index in [4.69, 9.17) is 9.97 Å². The number of para-hydroxylation sites is 1. The zero-order chi connectivity index (χ0) is 23.0. The number of aryl methyl sites for hydroxylation is 1. The normalized spacial score (nSPS) is 18.5. The first kappa shape index (κ1) is 24.2. The van der Waals surface area contributed by atoms with Crippen LogP contribution in [0.3, 0.4) is 0 Å². The topological polar surface area (TPSA) is 41.1 Å². The molecular weight excluding hydrogens is 472 g/mol. The van der Waals surface area contributed by atoms with Crippen LogP contribution in [0.1, 0.15) is 49.9 Å².